The maximum Gasteiger partial charge on any atom is 0.319 e. The second-order valence-corrected chi connectivity index (χ2v) is 6.13. The summed E-state index contributed by atoms with van der Waals surface area (Å²) < 4.78 is 0. The van der Waals surface area contributed by atoms with Gasteiger partial charge in [-0.05, 0) is 49.6 Å². The molecule has 5 nitrogen and oxygen atoms in total. The molecule has 1 aliphatic carbocycles. The van der Waals surface area contributed by atoms with Crippen molar-refractivity contribution in [3.05, 3.63) is 59.7 Å². The monoisotopic (exact) mass is 323 g/mol. The van der Waals surface area contributed by atoms with E-state index in [9.17, 15) is 9.59 Å². The highest BCUT2D eigenvalue weighted by Gasteiger charge is 2.29. The van der Waals surface area contributed by atoms with E-state index in [4.69, 9.17) is 0 Å². The first-order valence-corrected chi connectivity index (χ1v) is 8.11. The third-order valence-electron chi connectivity index (χ3n) is 3.93. The van der Waals surface area contributed by atoms with Gasteiger partial charge in [-0.1, -0.05) is 29.8 Å². The quantitative estimate of drug-likeness (QED) is 0.786. The van der Waals surface area contributed by atoms with Crippen LogP contribution < -0.4 is 16.0 Å². The van der Waals surface area contributed by atoms with Crippen LogP contribution in [0.1, 0.15) is 24.0 Å². The van der Waals surface area contributed by atoms with Crippen LogP contribution >= 0.6 is 0 Å². The third kappa shape index (κ3) is 4.59. The average molecular weight is 323 g/mol. The fourth-order valence-electron chi connectivity index (χ4n) is 2.29. The van der Waals surface area contributed by atoms with Gasteiger partial charge in [0, 0.05) is 23.8 Å². The minimum Gasteiger partial charge on any atom is -0.334 e. The SMILES string of the molecule is Cc1ccc(CNC(=O)Nc2ccc(NC(=O)C3CC3)cc2)cc1. The van der Waals surface area contributed by atoms with E-state index in [2.05, 4.69) is 16.0 Å². The van der Waals surface area contributed by atoms with Gasteiger partial charge in [-0.15, -0.1) is 0 Å². The number of anilines is 2. The smallest absolute Gasteiger partial charge is 0.319 e. The Morgan fingerprint density at radius 2 is 1.50 bits per heavy atom. The standard InChI is InChI=1S/C19H21N3O2/c1-13-2-4-14(5-3-13)12-20-19(24)22-17-10-8-16(9-11-17)21-18(23)15-6-7-15/h2-5,8-11,15H,6-7,12H2,1H3,(H,21,23)(H2,20,22,24). The number of hydrogen-bond donors (Lipinski definition) is 3. The number of urea groups is 1. The van der Waals surface area contributed by atoms with Crippen molar-refractivity contribution in [2.24, 2.45) is 5.92 Å². The maximum atomic E-state index is 11.9. The normalized spacial score (nSPS) is 13.2. The molecule has 1 aliphatic rings. The summed E-state index contributed by atoms with van der Waals surface area (Å²) in [5, 5.41) is 8.46. The first kappa shape index (κ1) is 16.1. The molecule has 0 aromatic heterocycles. The molecule has 24 heavy (non-hydrogen) atoms. The molecule has 0 radical (unpaired) electrons. The van der Waals surface area contributed by atoms with E-state index in [-0.39, 0.29) is 17.9 Å². The summed E-state index contributed by atoms with van der Waals surface area (Å²) in [7, 11) is 0. The van der Waals surface area contributed by atoms with Crippen LogP contribution in [-0.4, -0.2) is 11.9 Å². The predicted octanol–water partition coefficient (Wildman–Crippen LogP) is 3.67. The van der Waals surface area contributed by atoms with Gasteiger partial charge < -0.3 is 16.0 Å². The summed E-state index contributed by atoms with van der Waals surface area (Å²) in [6.07, 6.45) is 1.96. The summed E-state index contributed by atoms with van der Waals surface area (Å²) in [5.74, 6) is 0.252. The molecule has 0 aliphatic heterocycles. The Morgan fingerprint density at radius 3 is 2.08 bits per heavy atom. The highest BCUT2D eigenvalue weighted by Crippen LogP contribution is 2.30. The van der Waals surface area contributed by atoms with Gasteiger partial charge in [0.2, 0.25) is 5.91 Å². The fourth-order valence-corrected chi connectivity index (χ4v) is 2.29. The van der Waals surface area contributed by atoms with Crippen molar-refractivity contribution in [2.75, 3.05) is 10.6 Å². The summed E-state index contributed by atoms with van der Waals surface area (Å²) in [6.45, 7) is 2.50. The van der Waals surface area contributed by atoms with Gasteiger partial charge in [0.15, 0.2) is 0 Å². The van der Waals surface area contributed by atoms with E-state index in [1.807, 2.05) is 31.2 Å². The fraction of sp³-hybridized carbons (Fsp3) is 0.263. The Bertz CT molecular complexity index is 719. The number of aryl methyl sites for hydroxylation is 1. The van der Waals surface area contributed by atoms with Crippen molar-refractivity contribution in [1.29, 1.82) is 0 Å². The Labute approximate surface area is 141 Å². The number of carbonyl (C=O) groups excluding carboxylic acids is 2. The Balaban J connectivity index is 1.47. The van der Waals surface area contributed by atoms with Crippen LogP contribution in [0.25, 0.3) is 0 Å². The van der Waals surface area contributed by atoms with Crippen molar-refractivity contribution < 1.29 is 9.59 Å². The van der Waals surface area contributed by atoms with Crippen molar-refractivity contribution in [3.63, 3.8) is 0 Å². The van der Waals surface area contributed by atoms with Gasteiger partial charge in [0.1, 0.15) is 0 Å². The zero-order valence-electron chi connectivity index (χ0n) is 13.6. The Kier molecular flexibility index (Phi) is 4.79. The van der Waals surface area contributed by atoms with Crippen LogP contribution in [-0.2, 0) is 11.3 Å². The second kappa shape index (κ2) is 7.17. The lowest BCUT2D eigenvalue weighted by Crippen LogP contribution is -2.28. The molecule has 0 bridgehead atoms. The zero-order chi connectivity index (χ0) is 16.9. The number of nitrogens with one attached hydrogen (secondary N) is 3. The van der Waals surface area contributed by atoms with Crippen LogP contribution in [0.5, 0.6) is 0 Å². The van der Waals surface area contributed by atoms with E-state index in [0.29, 0.717) is 12.2 Å². The number of benzene rings is 2. The lowest BCUT2D eigenvalue weighted by atomic mass is 10.1. The van der Waals surface area contributed by atoms with E-state index < -0.39 is 0 Å². The van der Waals surface area contributed by atoms with Gasteiger partial charge in [-0.25, -0.2) is 4.79 Å². The van der Waals surface area contributed by atoms with Gasteiger partial charge in [-0.3, -0.25) is 4.79 Å². The molecule has 0 heterocycles. The summed E-state index contributed by atoms with van der Waals surface area (Å²) in [5.41, 5.74) is 3.67. The molecule has 5 heteroatoms. The second-order valence-electron chi connectivity index (χ2n) is 6.13. The Hall–Kier alpha value is -2.82. The zero-order valence-corrected chi connectivity index (χ0v) is 13.6. The van der Waals surface area contributed by atoms with Crippen molar-refractivity contribution in [3.8, 4) is 0 Å². The number of carbonyl (C=O) groups is 2. The first-order chi connectivity index (χ1) is 11.6. The van der Waals surface area contributed by atoms with E-state index in [1.165, 1.54) is 5.56 Å². The first-order valence-electron chi connectivity index (χ1n) is 8.11. The highest BCUT2D eigenvalue weighted by molar-refractivity contribution is 5.94. The molecule has 3 amide bonds. The number of amides is 3. The van der Waals surface area contributed by atoms with Crippen LogP contribution in [0, 0.1) is 12.8 Å². The molecular formula is C19H21N3O2. The third-order valence-corrected chi connectivity index (χ3v) is 3.93. The van der Waals surface area contributed by atoms with Gasteiger partial charge >= 0.3 is 6.03 Å². The molecule has 1 saturated carbocycles. The van der Waals surface area contributed by atoms with Crippen molar-refractivity contribution >= 4 is 23.3 Å². The predicted molar refractivity (Wildman–Crippen MR) is 94.8 cm³/mol. The van der Waals surface area contributed by atoms with Crippen LogP contribution in [0.3, 0.4) is 0 Å². The molecular weight excluding hydrogens is 302 g/mol. The largest absolute Gasteiger partial charge is 0.334 e. The lowest BCUT2D eigenvalue weighted by molar-refractivity contribution is -0.117. The molecule has 0 atom stereocenters. The van der Waals surface area contributed by atoms with E-state index >= 15 is 0 Å². The molecule has 2 aromatic rings. The molecule has 124 valence electrons. The molecule has 0 unspecified atom stereocenters. The highest BCUT2D eigenvalue weighted by atomic mass is 16.2. The molecule has 3 rings (SSSR count). The molecule has 1 fully saturated rings. The average Bonchev–Trinajstić information content (AvgIpc) is 3.41. The number of hydrogen-bond acceptors (Lipinski definition) is 2. The molecule has 3 N–H and O–H groups in total. The topological polar surface area (TPSA) is 70.2 Å². The van der Waals surface area contributed by atoms with Gasteiger partial charge in [-0.2, -0.15) is 0 Å². The lowest BCUT2D eigenvalue weighted by Gasteiger charge is -2.09. The number of rotatable bonds is 5. The molecule has 2 aromatic carbocycles. The van der Waals surface area contributed by atoms with E-state index in [1.54, 1.807) is 24.3 Å². The van der Waals surface area contributed by atoms with Crippen molar-refractivity contribution in [1.82, 2.24) is 5.32 Å². The van der Waals surface area contributed by atoms with Gasteiger partial charge in [0.25, 0.3) is 0 Å². The van der Waals surface area contributed by atoms with E-state index in [0.717, 1.165) is 24.1 Å². The van der Waals surface area contributed by atoms with Crippen LogP contribution in [0.15, 0.2) is 48.5 Å². The van der Waals surface area contributed by atoms with Gasteiger partial charge in [0.05, 0.1) is 0 Å². The molecule has 0 spiro atoms. The Morgan fingerprint density at radius 1 is 0.917 bits per heavy atom. The van der Waals surface area contributed by atoms with Crippen molar-refractivity contribution in [2.45, 2.75) is 26.3 Å². The summed E-state index contributed by atoms with van der Waals surface area (Å²) in [4.78, 5) is 23.6. The summed E-state index contributed by atoms with van der Waals surface area (Å²) >= 11 is 0. The molecule has 0 saturated heterocycles. The maximum absolute atomic E-state index is 11.9. The minimum absolute atomic E-state index is 0.0755. The minimum atomic E-state index is -0.259. The van der Waals surface area contributed by atoms with Crippen LogP contribution in [0.2, 0.25) is 0 Å². The van der Waals surface area contributed by atoms with Crippen LogP contribution in [0.4, 0.5) is 16.2 Å². The summed E-state index contributed by atoms with van der Waals surface area (Å²) in [6, 6.07) is 14.9.